The van der Waals surface area contributed by atoms with Gasteiger partial charge in [-0.3, -0.25) is 24.5 Å². The molecule has 0 spiro atoms. The molecule has 2 aliphatic heterocycles. The van der Waals surface area contributed by atoms with Crippen molar-refractivity contribution in [1.82, 2.24) is 45.8 Å². The quantitative estimate of drug-likeness (QED) is 0.0745. The van der Waals surface area contributed by atoms with Gasteiger partial charge in [-0.15, -0.1) is 24.5 Å². The highest BCUT2D eigenvalue weighted by molar-refractivity contribution is 7.15. The van der Waals surface area contributed by atoms with E-state index in [0.717, 1.165) is 18.2 Å². The first-order valence-electron chi connectivity index (χ1n) is 20.8. The molecule has 2 unspecified atom stereocenters. The fourth-order valence-electron chi connectivity index (χ4n) is 7.67. The minimum Gasteiger partial charge on any atom is -0.405 e. The number of nitrogens with zero attached hydrogens (tertiary/aromatic N) is 6. The Bertz CT molecular complexity index is 3160. The SMILES string of the molecule is Cc1nc(NC(=O)c2ccc(C(F)(F)F)c(C3C=CN(C)N3)c2)c(-c2cccc(Cn3ccc(-c4cc(C(=O)Nc5cc(C6C=CC(=O)NN6)nn5-c5ccccc5)ccc4OC(F)(F)F)n3)c2)s1. The number of para-hydroxylation sites is 1. The monoisotopic (exact) mass is 965 g/mol. The summed E-state index contributed by atoms with van der Waals surface area (Å²) in [6.45, 7) is 1.88. The second kappa shape index (κ2) is 18.5. The summed E-state index contributed by atoms with van der Waals surface area (Å²) in [5.41, 5.74) is 9.55. The second-order valence-electron chi connectivity index (χ2n) is 15.7. The molecule has 3 amide bonds. The lowest BCUT2D eigenvalue weighted by atomic mass is 9.97. The number of anilines is 2. The maximum absolute atomic E-state index is 14.0. The number of hydrogen-bond acceptors (Lipinski definition) is 11. The number of ether oxygens (including phenoxy) is 1. The van der Waals surface area contributed by atoms with Crippen LogP contribution in [-0.2, 0) is 17.5 Å². The number of halogens is 6. The van der Waals surface area contributed by atoms with Crippen LogP contribution >= 0.6 is 11.3 Å². The zero-order valence-electron chi connectivity index (χ0n) is 36.1. The molecule has 2 aliphatic rings. The number of hydrazine groups is 2. The van der Waals surface area contributed by atoms with Crippen LogP contribution in [0.4, 0.5) is 38.0 Å². The van der Waals surface area contributed by atoms with E-state index in [-0.39, 0.29) is 52.0 Å². The van der Waals surface area contributed by atoms with Gasteiger partial charge in [-0.25, -0.2) is 20.5 Å². The number of thiazole rings is 1. The Balaban J connectivity index is 0.953. The first kappa shape index (κ1) is 46.0. The van der Waals surface area contributed by atoms with Gasteiger partial charge in [0.15, 0.2) is 5.82 Å². The summed E-state index contributed by atoms with van der Waals surface area (Å²) in [4.78, 5) is 44.2. The highest BCUT2D eigenvalue weighted by atomic mass is 32.1. The molecule has 0 radical (unpaired) electrons. The molecular formula is C47H37F6N11O4S. The van der Waals surface area contributed by atoms with Crippen LogP contribution in [0.2, 0.25) is 0 Å². The average Bonchev–Trinajstić information content (AvgIpc) is 4.14. The molecule has 22 heteroatoms. The van der Waals surface area contributed by atoms with E-state index >= 15 is 0 Å². The lowest BCUT2D eigenvalue weighted by Gasteiger charge is -2.20. The largest absolute Gasteiger partial charge is 0.573 e. The Morgan fingerprint density at radius 1 is 0.841 bits per heavy atom. The number of nitrogens with one attached hydrogen (secondary N) is 5. The van der Waals surface area contributed by atoms with Crippen molar-refractivity contribution in [3.63, 3.8) is 0 Å². The van der Waals surface area contributed by atoms with Crippen molar-refractivity contribution in [2.75, 3.05) is 17.7 Å². The van der Waals surface area contributed by atoms with E-state index in [1.807, 2.05) is 6.07 Å². The average molecular weight is 966 g/mol. The number of aromatic nitrogens is 5. The number of amides is 3. The number of alkyl halides is 6. The first-order chi connectivity index (χ1) is 32.9. The molecule has 4 aromatic carbocycles. The van der Waals surface area contributed by atoms with Gasteiger partial charge in [-0.05, 0) is 90.4 Å². The molecule has 0 bridgehead atoms. The van der Waals surface area contributed by atoms with Gasteiger partial charge >= 0.3 is 12.5 Å². The summed E-state index contributed by atoms with van der Waals surface area (Å²) in [6.07, 6.45) is -2.09. The third-order valence-corrected chi connectivity index (χ3v) is 11.8. The molecule has 0 saturated heterocycles. The number of carbonyl (C=O) groups excluding carboxylic acids is 3. The zero-order chi connectivity index (χ0) is 48.6. The van der Waals surface area contributed by atoms with Crippen molar-refractivity contribution in [2.24, 2.45) is 0 Å². The minimum atomic E-state index is -5.07. The summed E-state index contributed by atoms with van der Waals surface area (Å²) in [7, 11) is 1.64. The van der Waals surface area contributed by atoms with Gasteiger partial charge in [0.1, 0.15) is 11.6 Å². The Morgan fingerprint density at radius 2 is 1.61 bits per heavy atom. The number of aryl methyl sites for hydroxylation is 1. The minimum absolute atomic E-state index is 0.00873. The fraction of sp³-hybridized carbons (Fsp3) is 0.149. The smallest absolute Gasteiger partial charge is 0.405 e. The Morgan fingerprint density at radius 3 is 2.33 bits per heavy atom. The maximum Gasteiger partial charge on any atom is 0.573 e. The van der Waals surface area contributed by atoms with Crippen LogP contribution in [0.25, 0.3) is 27.4 Å². The lowest BCUT2D eigenvalue weighted by Crippen LogP contribution is -2.41. The van der Waals surface area contributed by atoms with Crippen molar-refractivity contribution >= 4 is 40.7 Å². The maximum atomic E-state index is 14.0. The Labute approximate surface area is 392 Å². The van der Waals surface area contributed by atoms with E-state index in [2.05, 4.69) is 46.8 Å². The van der Waals surface area contributed by atoms with Gasteiger partial charge in [-0.1, -0.05) is 42.5 Å². The van der Waals surface area contributed by atoms with Gasteiger partial charge in [0.25, 0.3) is 17.7 Å². The summed E-state index contributed by atoms with van der Waals surface area (Å²) >= 11 is 1.28. The summed E-state index contributed by atoms with van der Waals surface area (Å²) in [5.74, 6) is -1.87. The molecule has 3 aromatic heterocycles. The van der Waals surface area contributed by atoms with Gasteiger partial charge in [0, 0.05) is 48.3 Å². The van der Waals surface area contributed by atoms with Crippen LogP contribution in [0.3, 0.4) is 0 Å². The predicted octanol–water partition coefficient (Wildman–Crippen LogP) is 8.87. The second-order valence-corrected chi connectivity index (χ2v) is 16.9. The lowest BCUT2D eigenvalue weighted by molar-refractivity contribution is -0.274. The van der Waals surface area contributed by atoms with Gasteiger partial charge in [0.05, 0.1) is 51.2 Å². The molecule has 9 rings (SSSR count). The van der Waals surface area contributed by atoms with Crippen LogP contribution in [0.1, 0.15) is 60.2 Å². The van der Waals surface area contributed by atoms with E-state index in [4.69, 9.17) is 0 Å². The zero-order valence-corrected chi connectivity index (χ0v) is 36.9. The van der Waals surface area contributed by atoms with E-state index < -0.39 is 47.7 Å². The van der Waals surface area contributed by atoms with E-state index in [9.17, 15) is 40.7 Å². The molecule has 5 N–H and O–H groups in total. The van der Waals surface area contributed by atoms with Crippen LogP contribution < -0.4 is 31.6 Å². The number of benzene rings is 4. The van der Waals surface area contributed by atoms with Crippen LogP contribution in [-0.4, -0.2) is 60.7 Å². The number of carbonyl (C=O) groups is 3. The summed E-state index contributed by atoms with van der Waals surface area (Å²) < 4.78 is 90.5. The third kappa shape index (κ3) is 10.4. The molecule has 69 heavy (non-hydrogen) atoms. The van der Waals surface area contributed by atoms with Crippen molar-refractivity contribution < 1.29 is 45.5 Å². The molecule has 0 fully saturated rings. The normalized spacial score (nSPS) is 15.9. The fourth-order valence-corrected chi connectivity index (χ4v) is 8.54. The van der Waals surface area contributed by atoms with Crippen LogP contribution in [0, 0.1) is 6.92 Å². The molecule has 352 valence electrons. The molecular weight excluding hydrogens is 929 g/mol. The highest BCUT2D eigenvalue weighted by Crippen LogP contribution is 2.39. The highest BCUT2D eigenvalue weighted by Gasteiger charge is 2.37. The molecule has 5 heterocycles. The van der Waals surface area contributed by atoms with Gasteiger partial charge in [-0.2, -0.15) is 23.4 Å². The topological polar surface area (TPSA) is 172 Å². The van der Waals surface area contributed by atoms with Gasteiger partial charge in [0.2, 0.25) is 0 Å². The van der Waals surface area contributed by atoms with Crippen molar-refractivity contribution in [1.29, 1.82) is 0 Å². The number of rotatable bonds is 12. The molecule has 15 nitrogen and oxygen atoms in total. The summed E-state index contributed by atoms with van der Waals surface area (Å²) in [6, 6.07) is 24.5. The van der Waals surface area contributed by atoms with Gasteiger partial charge < -0.3 is 20.4 Å². The molecule has 0 saturated carbocycles. The Hall–Kier alpha value is -8.08. The summed E-state index contributed by atoms with van der Waals surface area (Å²) in [5, 5.41) is 16.9. The molecule has 7 aromatic rings. The molecule has 0 aliphatic carbocycles. The Kier molecular flexibility index (Phi) is 12.4. The standard InChI is InChI=1S/C47H37F6N11O4S/c1-26-54-43(56-45(67)29-11-13-34(46(48,49)50)32(22-29)35-17-19-62(2)59-35)42(69-26)28-8-6-7-27(21-28)25-63-20-18-36(60-63)33-23-30(12-15-39(33)68-47(51,52)53)44(66)55-40-24-38(37-14-16-41(65)58-57-37)61-64(40)31-9-4-3-5-10-31/h3-24,35,37,57,59H,25H2,1-2H3,(H,55,66)(H,56,67)(H,58,65). The molecule has 2 atom stereocenters. The van der Waals surface area contributed by atoms with Crippen molar-refractivity contribution in [2.45, 2.75) is 38.1 Å². The van der Waals surface area contributed by atoms with Crippen LogP contribution in [0.5, 0.6) is 5.75 Å². The first-order valence-corrected chi connectivity index (χ1v) is 21.7. The van der Waals surface area contributed by atoms with E-state index in [0.29, 0.717) is 32.4 Å². The van der Waals surface area contributed by atoms with Crippen molar-refractivity contribution in [3.05, 3.63) is 172 Å². The van der Waals surface area contributed by atoms with Crippen LogP contribution in [0.15, 0.2) is 134 Å². The predicted molar refractivity (Wildman–Crippen MR) is 243 cm³/mol. The van der Waals surface area contributed by atoms with Crippen molar-refractivity contribution in [3.8, 4) is 33.1 Å². The number of hydrogen-bond donors (Lipinski definition) is 5. The van der Waals surface area contributed by atoms with E-state index in [1.165, 1.54) is 56.1 Å². The van der Waals surface area contributed by atoms with E-state index in [1.54, 1.807) is 93.1 Å². The third-order valence-electron chi connectivity index (χ3n) is 10.8.